The first-order valence-corrected chi connectivity index (χ1v) is 8.11. The van der Waals surface area contributed by atoms with Crippen LogP contribution in [-0.4, -0.2) is 22.1 Å². The van der Waals surface area contributed by atoms with Crippen LogP contribution >= 0.6 is 0 Å². The lowest BCUT2D eigenvalue weighted by atomic mass is 10.1. The Hall–Kier alpha value is -2.43. The monoisotopic (exact) mass is 310 g/mol. The first-order valence-electron chi connectivity index (χ1n) is 8.11. The molecule has 1 heterocycles. The van der Waals surface area contributed by atoms with Crippen LogP contribution in [0.15, 0.2) is 30.3 Å². The quantitative estimate of drug-likeness (QED) is 0.903. The molecule has 1 aliphatic carbocycles. The van der Waals surface area contributed by atoms with Gasteiger partial charge in [-0.3, -0.25) is 4.79 Å². The van der Waals surface area contributed by atoms with Gasteiger partial charge in [-0.15, -0.1) is 10.2 Å². The molecule has 1 aliphatic rings. The van der Waals surface area contributed by atoms with Gasteiger partial charge in [0.05, 0.1) is 0 Å². The SMILES string of the molecule is Cc1ccc(C(=O)Nc2ccc(NC3CCCC3)nn2)cc1C. The summed E-state index contributed by atoms with van der Waals surface area (Å²) < 4.78 is 0. The molecule has 1 saturated carbocycles. The Morgan fingerprint density at radius 2 is 1.70 bits per heavy atom. The molecule has 1 aromatic carbocycles. The van der Waals surface area contributed by atoms with E-state index in [1.807, 2.05) is 38.1 Å². The molecule has 2 N–H and O–H groups in total. The minimum absolute atomic E-state index is 0.168. The van der Waals surface area contributed by atoms with Crippen LogP contribution in [0.3, 0.4) is 0 Å². The third kappa shape index (κ3) is 3.86. The molecule has 2 aromatic rings. The number of carbonyl (C=O) groups is 1. The number of anilines is 2. The largest absolute Gasteiger partial charge is 0.366 e. The Kier molecular flexibility index (Phi) is 4.55. The summed E-state index contributed by atoms with van der Waals surface area (Å²) in [7, 11) is 0. The molecule has 1 amide bonds. The molecule has 1 fully saturated rings. The van der Waals surface area contributed by atoms with Crippen molar-refractivity contribution in [3.05, 3.63) is 47.0 Å². The predicted molar refractivity (Wildman–Crippen MR) is 91.8 cm³/mol. The molecule has 0 aliphatic heterocycles. The third-order valence-electron chi connectivity index (χ3n) is 4.38. The first-order chi connectivity index (χ1) is 11.1. The van der Waals surface area contributed by atoms with Crippen LogP contribution in [0.1, 0.15) is 47.2 Å². The molecule has 3 rings (SSSR count). The maximum atomic E-state index is 12.2. The number of hydrogen-bond donors (Lipinski definition) is 2. The van der Waals surface area contributed by atoms with Gasteiger partial charge in [-0.25, -0.2) is 0 Å². The standard InChI is InChI=1S/C18H22N4O/c1-12-7-8-14(11-13(12)2)18(23)20-17-10-9-16(21-22-17)19-15-5-3-4-6-15/h7-11,15H,3-6H2,1-2H3,(H,19,21)(H,20,22,23). The number of carbonyl (C=O) groups excluding carboxylic acids is 1. The molecule has 0 spiro atoms. The Labute approximate surface area is 136 Å². The summed E-state index contributed by atoms with van der Waals surface area (Å²) in [5.74, 6) is 1.06. The fourth-order valence-electron chi connectivity index (χ4n) is 2.83. The Morgan fingerprint density at radius 1 is 1.00 bits per heavy atom. The molecule has 1 aromatic heterocycles. The number of aromatic nitrogens is 2. The summed E-state index contributed by atoms with van der Waals surface area (Å²) >= 11 is 0. The molecule has 0 radical (unpaired) electrons. The number of amides is 1. The fourth-order valence-corrected chi connectivity index (χ4v) is 2.83. The molecule has 0 atom stereocenters. The van der Waals surface area contributed by atoms with Crippen LogP contribution in [0, 0.1) is 13.8 Å². The van der Waals surface area contributed by atoms with Crippen molar-refractivity contribution in [2.45, 2.75) is 45.6 Å². The smallest absolute Gasteiger partial charge is 0.256 e. The highest BCUT2D eigenvalue weighted by molar-refractivity contribution is 6.03. The number of aryl methyl sites for hydroxylation is 2. The van der Waals surface area contributed by atoms with E-state index in [0.29, 0.717) is 17.4 Å². The summed E-state index contributed by atoms with van der Waals surface area (Å²) in [6, 6.07) is 9.80. The van der Waals surface area contributed by atoms with Gasteiger partial charge in [0, 0.05) is 11.6 Å². The minimum atomic E-state index is -0.168. The van der Waals surface area contributed by atoms with Crippen molar-refractivity contribution in [1.82, 2.24) is 10.2 Å². The van der Waals surface area contributed by atoms with Crippen molar-refractivity contribution < 1.29 is 4.79 Å². The van der Waals surface area contributed by atoms with Gasteiger partial charge < -0.3 is 10.6 Å². The van der Waals surface area contributed by atoms with Crippen LogP contribution in [0.4, 0.5) is 11.6 Å². The lowest BCUT2D eigenvalue weighted by Crippen LogP contribution is -2.17. The molecule has 0 unspecified atom stereocenters. The topological polar surface area (TPSA) is 66.9 Å². The average Bonchev–Trinajstić information content (AvgIpc) is 3.05. The van der Waals surface area contributed by atoms with E-state index in [2.05, 4.69) is 20.8 Å². The van der Waals surface area contributed by atoms with Crippen LogP contribution < -0.4 is 10.6 Å². The number of rotatable bonds is 4. The van der Waals surface area contributed by atoms with Crippen LogP contribution in [0.2, 0.25) is 0 Å². The van der Waals surface area contributed by atoms with Crippen LogP contribution in [0.5, 0.6) is 0 Å². The van der Waals surface area contributed by atoms with Crippen LogP contribution in [0.25, 0.3) is 0 Å². The second-order valence-corrected chi connectivity index (χ2v) is 6.18. The van der Waals surface area contributed by atoms with E-state index in [0.717, 1.165) is 11.4 Å². The van der Waals surface area contributed by atoms with Gasteiger partial charge in [0.25, 0.3) is 5.91 Å². The number of benzene rings is 1. The van der Waals surface area contributed by atoms with Gasteiger partial charge in [0.15, 0.2) is 5.82 Å². The Morgan fingerprint density at radius 3 is 2.35 bits per heavy atom. The minimum Gasteiger partial charge on any atom is -0.366 e. The van der Waals surface area contributed by atoms with Crippen molar-refractivity contribution in [3.8, 4) is 0 Å². The highest BCUT2D eigenvalue weighted by atomic mass is 16.1. The van der Waals surface area contributed by atoms with E-state index in [-0.39, 0.29) is 5.91 Å². The molecule has 5 nitrogen and oxygen atoms in total. The van der Waals surface area contributed by atoms with Gasteiger partial charge in [0.1, 0.15) is 5.82 Å². The highest BCUT2D eigenvalue weighted by Gasteiger charge is 2.15. The summed E-state index contributed by atoms with van der Waals surface area (Å²) in [6.45, 7) is 4.02. The molecule has 120 valence electrons. The number of nitrogens with one attached hydrogen (secondary N) is 2. The maximum Gasteiger partial charge on any atom is 0.256 e. The number of nitrogens with zero attached hydrogens (tertiary/aromatic N) is 2. The fraction of sp³-hybridized carbons (Fsp3) is 0.389. The molecular weight excluding hydrogens is 288 g/mol. The highest BCUT2D eigenvalue weighted by Crippen LogP contribution is 2.21. The molecule has 23 heavy (non-hydrogen) atoms. The molecule has 0 bridgehead atoms. The Bertz CT molecular complexity index is 691. The van der Waals surface area contributed by atoms with Crippen molar-refractivity contribution in [2.75, 3.05) is 10.6 Å². The van der Waals surface area contributed by atoms with Crippen molar-refractivity contribution in [2.24, 2.45) is 0 Å². The average molecular weight is 310 g/mol. The van der Waals surface area contributed by atoms with Crippen LogP contribution in [-0.2, 0) is 0 Å². The zero-order chi connectivity index (χ0) is 16.2. The molecular formula is C18H22N4O. The van der Waals surface area contributed by atoms with E-state index in [4.69, 9.17) is 0 Å². The lowest BCUT2D eigenvalue weighted by Gasteiger charge is -2.12. The van der Waals surface area contributed by atoms with Crippen molar-refractivity contribution in [3.63, 3.8) is 0 Å². The second-order valence-electron chi connectivity index (χ2n) is 6.18. The van der Waals surface area contributed by atoms with Crippen molar-refractivity contribution >= 4 is 17.5 Å². The zero-order valence-corrected chi connectivity index (χ0v) is 13.6. The van der Waals surface area contributed by atoms with Crippen molar-refractivity contribution in [1.29, 1.82) is 0 Å². The van der Waals surface area contributed by atoms with E-state index < -0.39 is 0 Å². The van der Waals surface area contributed by atoms with E-state index in [1.165, 1.54) is 31.2 Å². The van der Waals surface area contributed by atoms with Gasteiger partial charge >= 0.3 is 0 Å². The maximum absolute atomic E-state index is 12.2. The summed E-state index contributed by atoms with van der Waals surface area (Å²) in [5, 5.41) is 14.4. The molecule has 5 heteroatoms. The van der Waals surface area contributed by atoms with Gasteiger partial charge in [-0.2, -0.15) is 0 Å². The predicted octanol–water partition coefficient (Wildman–Crippen LogP) is 3.70. The van der Waals surface area contributed by atoms with E-state index in [9.17, 15) is 4.79 Å². The van der Waals surface area contributed by atoms with E-state index >= 15 is 0 Å². The van der Waals surface area contributed by atoms with Gasteiger partial charge in [0.2, 0.25) is 0 Å². The van der Waals surface area contributed by atoms with Gasteiger partial charge in [-0.05, 0) is 62.1 Å². The summed E-state index contributed by atoms with van der Waals surface area (Å²) in [6.07, 6.45) is 4.92. The lowest BCUT2D eigenvalue weighted by molar-refractivity contribution is 0.102. The second kappa shape index (κ2) is 6.77. The Balaban J connectivity index is 1.62. The number of hydrogen-bond acceptors (Lipinski definition) is 4. The molecule has 0 saturated heterocycles. The first kappa shape index (κ1) is 15.5. The normalized spacial score (nSPS) is 14.7. The zero-order valence-electron chi connectivity index (χ0n) is 13.6. The van der Waals surface area contributed by atoms with E-state index in [1.54, 1.807) is 6.07 Å². The van der Waals surface area contributed by atoms with Gasteiger partial charge in [-0.1, -0.05) is 18.9 Å². The summed E-state index contributed by atoms with van der Waals surface area (Å²) in [4.78, 5) is 12.2. The summed E-state index contributed by atoms with van der Waals surface area (Å²) in [5.41, 5.74) is 2.89. The third-order valence-corrected chi connectivity index (χ3v) is 4.38.